The lowest BCUT2D eigenvalue weighted by molar-refractivity contribution is -0.137. The van der Waals surface area contributed by atoms with Gasteiger partial charge in [0.25, 0.3) is 5.91 Å². The van der Waals surface area contributed by atoms with Crippen molar-refractivity contribution in [1.29, 1.82) is 0 Å². The molecule has 0 unspecified atom stereocenters. The van der Waals surface area contributed by atoms with Gasteiger partial charge in [0.05, 0.1) is 28.6 Å². The molecule has 0 atom stereocenters. The number of halogens is 3. The van der Waals surface area contributed by atoms with Gasteiger partial charge in [-0.3, -0.25) is 9.59 Å². The Bertz CT molecular complexity index is 1150. The van der Waals surface area contributed by atoms with E-state index in [1.165, 1.54) is 19.2 Å². The summed E-state index contributed by atoms with van der Waals surface area (Å²) in [7, 11) is 1.43. The Labute approximate surface area is 167 Å². The highest BCUT2D eigenvalue weighted by atomic mass is 19.4. The second-order valence-corrected chi connectivity index (χ2v) is 6.26. The molecule has 11 heteroatoms. The molecule has 1 aromatic heterocycles. The van der Waals surface area contributed by atoms with Crippen LogP contribution < -0.4 is 10.6 Å². The molecule has 0 aliphatic rings. The molecule has 0 radical (unpaired) electrons. The minimum atomic E-state index is -4.73. The number of nitrogens with one attached hydrogen (secondary N) is 3. The number of H-pyrrole nitrogens is 1. The maximum atomic E-state index is 13.2. The normalized spacial score (nSPS) is 11.3. The molecule has 4 N–H and O–H groups in total. The van der Waals surface area contributed by atoms with Gasteiger partial charge in [-0.2, -0.15) is 13.2 Å². The summed E-state index contributed by atoms with van der Waals surface area (Å²) in [6.07, 6.45) is -4.87. The van der Waals surface area contributed by atoms with Crippen molar-refractivity contribution in [3.05, 3.63) is 58.9 Å². The Morgan fingerprint density at radius 1 is 1.13 bits per heavy atom. The van der Waals surface area contributed by atoms with E-state index in [1.54, 1.807) is 0 Å². The van der Waals surface area contributed by atoms with Crippen LogP contribution in [0.25, 0.3) is 11.0 Å². The number of amides is 2. The maximum Gasteiger partial charge on any atom is 0.417 e. The van der Waals surface area contributed by atoms with Crippen molar-refractivity contribution in [2.24, 2.45) is 0 Å². The summed E-state index contributed by atoms with van der Waals surface area (Å²) in [5, 5.41) is 14.1. The highest BCUT2D eigenvalue weighted by Gasteiger charge is 2.34. The van der Waals surface area contributed by atoms with E-state index in [1.807, 2.05) is 0 Å². The largest absolute Gasteiger partial charge is 0.478 e. The number of alkyl halides is 3. The first-order chi connectivity index (χ1) is 14.1. The minimum Gasteiger partial charge on any atom is -0.478 e. The molecule has 30 heavy (non-hydrogen) atoms. The standard InChI is InChI=1S/C19H15F3N4O4/c1-23-15(27)8-14-25-13-7-9(6-11(18(29)30)16(13)26-14)24-17(28)10-4-2-3-5-12(10)19(20,21)22/h2-7H,8H2,1H3,(H,23,27)(H,24,28)(H,25,26)(H,29,30). The first-order valence-electron chi connectivity index (χ1n) is 8.54. The van der Waals surface area contributed by atoms with Crippen molar-refractivity contribution in [3.63, 3.8) is 0 Å². The number of likely N-dealkylation sites (N-methyl/N-ethyl adjacent to an activating group) is 1. The molecule has 0 aliphatic heterocycles. The summed E-state index contributed by atoms with van der Waals surface area (Å²) in [4.78, 5) is 42.4. The van der Waals surface area contributed by atoms with E-state index in [2.05, 4.69) is 20.6 Å². The third kappa shape index (κ3) is 4.24. The van der Waals surface area contributed by atoms with Crippen molar-refractivity contribution in [1.82, 2.24) is 15.3 Å². The van der Waals surface area contributed by atoms with Gasteiger partial charge < -0.3 is 20.7 Å². The molecular weight excluding hydrogens is 405 g/mol. The van der Waals surface area contributed by atoms with Crippen LogP contribution in [0, 0.1) is 0 Å². The Balaban J connectivity index is 2.00. The molecule has 0 aliphatic carbocycles. The number of nitrogens with zero attached hydrogens (tertiary/aromatic N) is 1. The Morgan fingerprint density at radius 2 is 1.83 bits per heavy atom. The molecule has 0 fully saturated rings. The summed E-state index contributed by atoms with van der Waals surface area (Å²) < 4.78 is 39.5. The van der Waals surface area contributed by atoms with Gasteiger partial charge >= 0.3 is 12.1 Å². The SMILES string of the molecule is CNC(=O)Cc1nc2c(C(=O)O)cc(NC(=O)c3ccccc3C(F)(F)F)cc2[nH]1. The van der Waals surface area contributed by atoms with Crippen molar-refractivity contribution >= 4 is 34.5 Å². The van der Waals surface area contributed by atoms with Crippen LogP contribution >= 0.6 is 0 Å². The number of carboxylic acids is 1. The summed E-state index contributed by atoms with van der Waals surface area (Å²) in [5.74, 6) is -2.57. The highest BCUT2D eigenvalue weighted by molar-refractivity contribution is 6.08. The van der Waals surface area contributed by atoms with E-state index >= 15 is 0 Å². The van der Waals surface area contributed by atoms with Gasteiger partial charge in [0.1, 0.15) is 11.3 Å². The smallest absolute Gasteiger partial charge is 0.417 e. The molecule has 0 saturated carbocycles. The second-order valence-electron chi connectivity index (χ2n) is 6.26. The van der Waals surface area contributed by atoms with Gasteiger partial charge in [-0.15, -0.1) is 0 Å². The number of carbonyl (C=O) groups excluding carboxylic acids is 2. The van der Waals surface area contributed by atoms with Crippen molar-refractivity contribution in [3.8, 4) is 0 Å². The molecule has 156 valence electrons. The average Bonchev–Trinajstić information content (AvgIpc) is 3.08. The quantitative estimate of drug-likeness (QED) is 0.505. The van der Waals surface area contributed by atoms with E-state index in [0.717, 1.165) is 24.3 Å². The van der Waals surface area contributed by atoms with Gasteiger partial charge in [0, 0.05) is 12.7 Å². The number of carboxylic acid groups (broad SMARTS) is 1. The Kier molecular flexibility index (Phi) is 5.45. The van der Waals surface area contributed by atoms with Gasteiger partial charge in [-0.25, -0.2) is 9.78 Å². The first kappa shape index (κ1) is 20.8. The predicted octanol–water partition coefficient (Wildman–Crippen LogP) is 2.82. The second kappa shape index (κ2) is 7.85. The van der Waals surface area contributed by atoms with Crippen LogP contribution in [0.1, 0.15) is 32.1 Å². The van der Waals surface area contributed by atoms with E-state index < -0.39 is 29.2 Å². The number of aromatic amines is 1. The highest BCUT2D eigenvalue weighted by Crippen LogP contribution is 2.32. The molecule has 0 spiro atoms. The third-order valence-electron chi connectivity index (χ3n) is 4.21. The van der Waals surface area contributed by atoms with E-state index in [9.17, 15) is 32.7 Å². The van der Waals surface area contributed by atoms with E-state index in [4.69, 9.17) is 0 Å². The fourth-order valence-corrected chi connectivity index (χ4v) is 2.85. The summed E-state index contributed by atoms with van der Waals surface area (Å²) in [6.45, 7) is 0. The number of fused-ring (bicyclic) bond motifs is 1. The van der Waals surface area contributed by atoms with Crippen molar-refractivity contribution < 1.29 is 32.7 Å². The van der Waals surface area contributed by atoms with Crippen LogP contribution in [0.5, 0.6) is 0 Å². The lowest BCUT2D eigenvalue weighted by Gasteiger charge is -2.13. The first-order valence-corrected chi connectivity index (χ1v) is 8.54. The molecule has 0 saturated heterocycles. The monoisotopic (exact) mass is 420 g/mol. The lowest BCUT2D eigenvalue weighted by Crippen LogP contribution is -2.20. The summed E-state index contributed by atoms with van der Waals surface area (Å²) >= 11 is 0. The van der Waals surface area contributed by atoms with Crippen LogP contribution in [-0.2, 0) is 17.4 Å². The van der Waals surface area contributed by atoms with Crippen LogP contribution in [0.4, 0.5) is 18.9 Å². The Hall–Kier alpha value is -3.89. The summed E-state index contributed by atoms with van der Waals surface area (Å²) in [6, 6.07) is 6.66. The fraction of sp³-hybridized carbons (Fsp3) is 0.158. The number of carbonyl (C=O) groups is 3. The lowest BCUT2D eigenvalue weighted by atomic mass is 10.1. The fourth-order valence-electron chi connectivity index (χ4n) is 2.85. The molecular formula is C19H15F3N4O4. The minimum absolute atomic E-state index is 0.0444. The zero-order valence-electron chi connectivity index (χ0n) is 15.4. The molecule has 2 amide bonds. The number of hydrogen-bond acceptors (Lipinski definition) is 4. The molecule has 2 aromatic carbocycles. The average molecular weight is 420 g/mol. The van der Waals surface area contributed by atoms with Crippen LogP contribution in [0.15, 0.2) is 36.4 Å². The van der Waals surface area contributed by atoms with Crippen LogP contribution in [0.3, 0.4) is 0 Å². The molecule has 1 heterocycles. The van der Waals surface area contributed by atoms with Gasteiger partial charge in [0.15, 0.2) is 0 Å². The number of aromatic nitrogens is 2. The van der Waals surface area contributed by atoms with E-state index in [0.29, 0.717) is 0 Å². The van der Waals surface area contributed by atoms with Gasteiger partial charge in [-0.1, -0.05) is 12.1 Å². The Morgan fingerprint density at radius 3 is 2.47 bits per heavy atom. The van der Waals surface area contributed by atoms with E-state index in [-0.39, 0.29) is 40.4 Å². The molecule has 3 aromatic rings. The molecule has 0 bridgehead atoms. The topological polar surface area (TPSA) is 124 Å². The number of rotatable bonds is 5. The zero-order valence-corrected chi connectivity index (χ0v) is 15.4. The van der Waals surface area contributed by atoms with Gasteiger partial charge in [-0.05, 0) is 24.3 Å². The number of hydrogen-bond donors (Lipinski definition) is 4. The molecule has 8 nitrogen and oxygen atoms in total. The number of aromatic carboxylic acids is 1. The van der Waals surface area contributed by atoms with Gasteiger partial charge in [0.2, 0.25) is 5.91 Å². The third-order valence-corrected chi connectivity index (χ3v) is 4.21. The van der Waals surface area contributed by atoms with Crippen LogP contribution in [0.2, 0.25) is 0 Å². The van der Waals surface area contributed by atoms with Crippen molar-refractivity contribution in [2.75, 3.05) is 12.4 Å². The number of anilines is 1. The van der Waals surface area contributed by atoms with Crippen molar-refractivity contribution in [2.45, 2.75) is 12.6 Å². The predicted molar refractivity (Wildman–Crippen MR) is 100 cm³/mol. The molecule has 3 rings (SSSR count). The maximum absolute atomic E-state index is 13.2. The zero-order chi connectivity index (χ0) is 22.1. The summed E-state index contributed by atoms with van der Waals surface area (Å²) in [5.41, 5.74) is -1.80. The number of benzene rings is 2. The van der Waals surface area contributed by atoms with Crippen LogP contribution in [-0.4, -0.2) is 39.9 Å². The number of imidazole rings is 1.